The highest BCUT2D eigenvalue weighted by atomic mass is 19.1. The number of aromatic nitrogens is 5. The van der Waals surface area contributed by atoms with Crippen LogP contribution in [0.15, 0.2) is 54.7 Å². The fourth-order valence-electron chi connectivity index (χ4n) is 2.65. The molecule has 2 aromatic heterocycles. The second kappa shape index (κ2) is 7.39. The molecule has 0 unspecified atom stereocenters. The highest BCUT2D eigenvalue weighted by Crippen LogP contribution is 2.19. The van der Waals surface area contributed by atoms with Crippen LogP contribution in [0.4, 0.5) is 16.0 Å². The molecule has 0 spiro atoms. The van der Waals surface area contributed by atoms with Crippen molar-refractivity contribution >= 4 is 28.7 Å². The van der Waals surface area contributed by atoms with Crippen LogP contribution in [0.2, 0.25) is 0 Å². The zero-order valence-corrected chi connectivity index (χ0v) is 14.9. The van der Waals surface area contributed by atoms with E-state index in [1.54, 1.807) is 23.0 Å². The first-order valence-corrected chi connectivity index (χ1v) is 8.53. The molecule has 2 N–H and O–H groups in total. The van der Waals surface area contributed by atoms with Gasteiger partial charge in [-0.3, -0.25) is 4.79 Å². The Balaban J connectivity index is 1.65. The Kier molecular flexibility index (Phi) is 4.63. The molecule has 8 nitrogen and oxygen atoms in total. The fourth-order valence-corrected chi connectivity index (χ4v) is 2.65. The van der Waals surface area contributed by atoms with E-state index in [2.05, 4.69) is 30.9 Å². The van der Waals surface area contributed by atoms with E-state index in [1.807, 2.05) is 24.3 Å². The highest BCUT2D eigenvalue weighted by Gasteiger charge is 2.11. The molecular formula is C19H16FN7O. The Bertz CT molecular complexity index is 1140. The third-order valence-electron chi connectivity index (χ3n) is 3.99. The molecular weight excluding hydrogens is 361 g/mol. The first kappa shape index (κ1) is 17.5. The average Bonchev–Trinajstić information content (AvgIpc) is 3.12. The summed E-state index contributed by atoms with van der Waals surface area (Å²) in [5, 5.41) is 14.1. The Morgan fingerprint density at radius 1 is 1.18 bits per heavy atom. The van der Waals surface area contributed by atoms with Crippen molar-refractivity contribution in [3.8, 4) is 5.69 Å². The van der Waals surface area contributed by atoms with Gasteiger partial charge in [-0.15, -0.1) is 5.10 Å². The van der Waals surface area contributed by atoms with Crippen molar-refractivity contribution < 1.29 is 9.18 Å². The molecule has 9 heteroatoms. The lowest BCUT2D eigenvalue weighted by atomic mass is 10.2. The summed E-state index contributed by atoms with van der Waals surface area (Å²) < 4.78 is 14.7. The van der Waals surface area contributed by atoms with E-state index in [4.69, 9.17) is 0 Å². The van der Waals surface area contributed by atoms with Crippen molar-refractivity contribution in [1.29, 1.82) is 0 Å². The lowest BCUT2D eigenvalue weighted by Gasteiger charge is -2.07. The van der Waals surface area contributed by atoms with Gasteiger partial charge in [-0.05, 0) is 42.0 Å². The number of fused-ring (bicyclic) bond motifs is 1. The number of rotatable bonds is 5. The minimum Gasteiger partial charge on any atom is -0.352 e. The van der Waals surface area contributed by atoms with Crippen LogP contribution < -0.4 is 10.6 Å². The Hall–Kier alpha value is -3.88. The molecule has 28 heavy (non-hydrogen) atoms. The number of anilines is 2. The van der Waals surface area contributed by atoms with Crippen molar-refractivity contribution in [3.05, 3.63) is 66.1 Å². The summed E-state index contributed by atoms with van der Waals surface area (Å²) in [7, 11) is 0. The van der Waals surface area contributed by atoms with Crippen LogP contribution in [-0.4, -0.2) is 30.9 Å². The maximum Gasteiger partial charge on any atom is 0.229 e. The van der Waals surface area contributed by atoms with Crippen molar-refractivity contribution in [2.45, 2.75) is 13.5 Å². The Morgan fingerprint density at radius 3 is 2.79 bits per heavy atom. The van der Waals surface area contributed by atoms with Gasteiger partial charge in [0, 0.05) is 19.2 Å². The van der Waals surface area contributed by atoms with Gasteiger partial charge in [0.2, 0.25) is 11.9 Å². The predicted molar refractivity (Wildman–Crippen MR) is 102 cm³/mol. The number of benzene rings is 2. The summed E-state index contributed by atoms with van der Waals surface area (Å²) in [6.45, 7) is 1.89. The molecule has 0 saturated heterocycles. The molecule has 0 aliphatic carbocycles. The number of hydrogen-bond acceptors (Lipinski definition) is 6. The quantitative estimate of drug-likeness (QED) is 0.555. The van der Waals surface area contributed by atoms with Crippen LogP contribution in [0, 0.1) is 5.82 Å². The normalized spacial score (nSPS) is 10.8. The predicted octanol–water partition coefficient (Wildman–Crippen LogP) is 2.73. The molecule has 0 aliphatic heterocycles. The standard InChI is InChI=1S/C19H16FN7O/c1-12(28)21-10-13-3-2-4-16(9-13)27-18-17(25-26-27)11-22-19(24-18)23-15-7-5-14(20)6-8-15/h2-9,11H,10H2,1H3,(H,21,28)(H,22,23,24). The van der Waals surface area contributed by atoms with Crippen molar-refractivity contribution in [2.75, 3.05) is 5.32 Å². The molecule has 0 radical (unpaired) electrons. The SMILES string of the molecule is CC(=O)NCc1cccc(-n2nnc3cnc(Nc4ccc(F)cc4)nc32)c1. The van der Waals surface area contributed by atoms with Crippen LogP contribution in [0.1, 0.15) is 12.5 Å². The first-order valence-electron chi connectivity index (χ1n) is 8.53. The molecule has 0 fully saturated rings. The maximum absolute atomic E-state index is 13.1. The van der Waals surface area contributed by atoms with Gasteiger partial charge in [0.25, 0.3) is 0 Å². The van der Waals surface area contributed by atoms with E-state index in [-0.39, 0.29) is 11.7 Å². The second-order valence-corrected chi connectivity index (χ2v) is 6.12. The summed E-state index contributed by atoms with van der Waals surface area (Å²) in [4.78, 5) is 19.8. The summed E-state index contributed by atoms with van der Waals surface area (Å²) in [6.07, 6.45) is 1.57. The Morgan fingerprint density at radius 2 is 2.00 bits per heavy atom. The van der Waals surface area contributed by atoms with Gasteiger partial charge in [0.05, 0.1) is 11.9 Å². The average molecular weight is 377 g/mol. The summed E-state index contributed by atoms with van der Waals surface area (Å²) in [5.41, 5.74) is 3.41. The van der Waals surface area contributed by atoms with Gasteiger partial charge < -0.3 is 10.6 Å². The monoisotopic (exact) mass is 377 g/mol. The maximum atomic E-state index is 13.1. The lowest BCUT2D eigenvalue weighted by molar-refractivity contribution is -0.119. The number of carbonyl (C=O) groups is 1. The van der Waals surface area contributed by atoms with E-state index in [9.17, 15) is 9.18 Å². The van der Waals surface area contributed by atoms with E-state index in [1.165, 1.54) is 19.1 Å². The first-order chi connectivity index (χ1) is 13.6. The minimum atomic E-state index is -0.316. The third-order valence-corrected chi connectivity index (χ3v) is 3.99. The minimum absolute atomic E-state index is 0.0964. The molecule has 2 aromatic carbocycles. The van der Waals surface area contributed by atoms with E-state index in [0.29, 0.717) is 29.3 Å². The van der Waals surface area contributed by atoms with Gasteiger partial charge in [-0.2, -0.15) is 9.67 Å². The second-order valence-electron chi connectivity index (χ2n) is 6.12. The van der Waals surface area contributed by atoms with Crippen molar-refractivity contribution in [3.63, 3.8) is 0 Å². The molecule has 0 bridgehead atoms. The number of hydrogen-bond donors (Lipinski definition) is 2. The van der Waals surface area contributed by atoms with Crippen LogP contribution >= 0.6 is 0 Å². The van der Waals surface area contributed by atoms with E-state index >= 15 is 0 Å². The summed E-state index contributed by atoms with van der Waals surface area (Å²) >= 11 is 0. The fraction of sp³-hybridized carbons (Fsp3) is 0.105. The zero-order chi connectivity index (χ0) is 19.5. The summed E-state index contributed by atoms with van der Waals surface area (Å²) in [5.74, 6) is -0.0683. The van der Waals surface area contributed by atoms with Crippen molar-refractivity contribution in [1.82, 2.24) is 30.3 Å². The number of halogens is 1. The van der Waals surface area contributed by atoms with Crippen LogP contribution in [0.3, 0.4) is 0 Å². The van der Waals surface area contributed by atoms with E-state index < -0.39 is 0 Å². The Labute approximate surface area is 159 Å². The zero-order valence-electron chi connectivity index (χ0n) is 14.9. The van der Waals surface area contributed by atoms with Crippen LogP contribution in [0.25, 0.3) is 16.9 Å². The number of nitrogens with zero attached hydrogens (tertiary/aromatic N) is 5. The largest absolute Gasteiger partial charge is 0.352 e. The van der Waals surface area contributed by atoms with E-state index in [0.717, 1.165) is 11.3 Å². The molecule has 0 saturated carbocycles. The molecule has 4 aromatic rings. The molecule has 2 heterocycles. The topological polar surface area (TPSA) is 97.6 Å². The highest BCUT2D eigenvalue weighted by molar-refractivity contribution is 5.73. The van der Waals surface area contributed by atoms with Crippen LogP contribution in [0.5, 0.6) is 0 Å². The van der Waals surface area contributed by atoms with Gasteiger partial charge in [-0.1, -0.05) is 17.3 Å². The number of carbonyl (C=O) groups excluding carboxylic acids is 1. The van der Waals surface area contributed by atoms with Crippen LogP contribution in [-0.2, 0) is 11.3 Å². The van der Waals surface area contributed by atoms with Gasteiger partial charge in [-0.25, -0.2) is 9.37 Å². The molecule has 4 rings (SSSR count). The lowest BCUT2D eigenvalue weighted by Crippen LogP contribution is -2.18. The molecule has 140 valence electrons. The number of nitrogens with one attached hydrogen (secondary N) is 2. The van der Waals surface area contributed by atoms with Gasteiger partial charge in [0.1, 0.15) is 5.82 Å². The smallest absolute Gasteiger partial charge is 0.229 e. The molecule has 1 amide bonds. The number of amides is 1. The third kappa shape index (κ3) is 3.78. The summed E-state index contributed by atoms with van der Waals surface area (Å²) in [6, 6.07) is 13.5. The molecule has 0 aliphatic rings. The van der Waals surface area contributed by atoms with Gasteiger partial charge >= 0.3 is 0 Å². The van der Waals surface area contributed by atoms with Gasteiger partial charge in [0.15, 0.2) is 11.2 Å². The van der Waals surface area contributed by atoms with Crippen molar-refractivity contribution in [2.24, 2.45) is 0 Å². The molecule has 0 atom stereocenters.